The Hall–Kier alpha value is -2.87. The second-order valence-electron chi connectivity index (χ2n) is 5.95. The van der Waals surface area contributed by atoms with Gasteiger partial charge in [0, 0.05) is 16.7 Å². The van der Waals surface area contributed by atoms with E-state index >= 15 is 0 Å². The van der Waals surface area contributed by atoms with E-state index < -0.39 is 5.60 Å². The monoisotopic (exact) mass is 313 g/mol. The number of aliphatic imine (C=N–C) groups is 1. The van der Waals surface area contributed by atoms with Crippen LogP contribution in [0.1, 0.15) is 30.0 Å². The van der Waals surface area contributed by atoms with Crippen molar-refractivity contribution in [3.05, 3.63) is 102 Å². The molecule has 2 nitrogen and oxygen atoms in total. The summed E-state index contributed by atoms with van der Waals surface area (Å²) in [6, 6.07) is 28.7. The van der Waals surface area contributed by atoms with Gasteiger partial charge in [-0.2, -0.15) is 0 Å². The van der Waals surface area contributed by atoms with E-state index in [9.17, 15) is 0 Å². The van der Waals surface area contributed by atoms with E-state index in [2.05, 4.69) is 49.4 Å². The van der Waals surface area contributed by atoms with Gasteiger partial charge in [0.2, 0.25) is 5.90 Å². The summed E-state index contributed by atoms with van der Waals surface area (Å²) in [5.74, 6) is 0.697. The Bertz CT molecular complexity index is 871. The van der Waals surface area contributed by atoms with Crippen LogP contribution in [0.5, 0.6) is 0 Å². The van der Waals surface area contributed by atoms with E-state index in [-0.39, 0.29) is 0 Å². The van der Waals surface area contributed by atoms with Gasteiger partial charge in [-0.3, -0.25) is 0 Å². The average Bonchev–Trinajstić information content (AvgIpc) is 2.98. The predicted octanol–water partition coefficient (Wildman–Crippen LogP) is 5.45. The Morgan fingerprint density at radius 3 is 2.12 bits per heavy atom. The van der Waals surface area contributed by atoms with Crippen molar-refractivity contribution in [1.82, 2.24) is 0 Å². The fourth-order valence-electron chi connectivity index (χ4n) is 3.39. The molecular weight excluding hydrogens is 294 g/mol. The molecule has 3 aromatic carbocycles. The van der Waals surface area contributed by atoms with Crippen molar-refractivity contribution in [1.29, 1.82) is 0 Å². The van der Waals surface area contributed by atoms with E-state index in [0.717, 1.165) is 17.7 Å². The fraction of sp³-hybridized carbons (Fsp3) is 0.136. The summed E-state index contributed by atoms with van der Waals surface area (Å²) in [6.45, 7) is 2.16. The van der Waals surface area contributed by atoms with Crippen LogP contribution in [0.4, 0.5) is 5.69 Å². The molecule has 0 amide bonds. The Labute approximate surface area is 142 Å². The molecule has 1 heterocycles. The van der Waals surface area contributed by atoms with Crippen LogP contribution in [0.15, 0.2) is 89.9 Å². The topological polar surface area (TPSA) is 21.6 Å². The minimum absolute atomic E-state index is 0.467. The molecule has 3 aromatic rings. The van der Waals surface area contributed by atoms with E-state index in [1.54, 1.807) is 0 Å². The van der Waals surface area contributed by atoms with Gasteiger partial charge in [0.1, 0.15) is 0 Å². The van der Waals surface area contributed by atoms with Crippen molar-refractivity contribution >= 4 is 11.6 Å². The van der Waals surface area contributed by atoms with Crippen LogP contribution in [-0.4, -0.2) is 5.90 Å². The van der Waals surface area contributed by atoms with Gasteiger partial charge in [0.15, 0.2) is 5.60 Å². The maximum Gasteiger partial charge on any atom is 0.222 e. The standard InChI is InChI=1S/C22H19NO/c1-2-22(17-11-5-3-6-12-17)20-16-10-9-15-19(20)21(24-22)23-18-13-7-4-8-14-18/h3-16H,2H2,1H3. The summed E-state index contributed by atoms with van der Waals surface area (Å²) in [5.41, 5.74) is 3.87. The summed E-state index contributed by atoms with van der Waals surface area (Å²) in [7, 11) is 0. The first kappa shape index (κ1) is 14.7. The number of nitrogens with zero attached hydrogens (tertiary/aromatic N) is 1. The Kier molecular flexibility index (Phi) is 3.66. The fourth-order valence-corrected chi connectivity index (χ4v) is 3.39. The van der Waals surface area contributed by atoms with Crippen LogP contribution in [0, 0.1) is 0 Å². The number of para-hydroxylation sites is 1. The Morgan fingerprint density at radius 1 is 0.792 bits per heavy atom. The van der Waals surface area contributed by atoms with Crippen LogP contribution < -0.4 is 0 Å². The SMILES string of the molecule is CCC1(c2ccccc2)OC(=Nc2ccccc2)c2ccccc21. The highest BCUT2D eigenvalue weighted by molar-refractivity contribution is 6.00. The molecular formula is C22H19NO. The van der Waals surface area contributed by atoms with Gasteiger partial charge in [-0.1, -0.05) is 73.7 Å². The quantitative estimate of drug-likeness (QED) is 0.630. The lowest BCUT2D eigenvalue weighted by Crippen LogP contribution is -2.26. The summed E-state index contributed by atoms with van der Waals surface area (Å²) in [4.78, 5) is 4.76. The summed E-state index contributed by atoms with van der Waals surface area (Å²) < 4.78 is 6.51. The van der Waals surface area contributed by atoms with E-state index in [1.807, 2.05) is 42.5 Å². The molecule has 1 aliphatic rings. The number of ether oxygens (including phenoxy) is 1. The van der Waals surface area contributed by atoms with Crippen molar-refractivity contribution in [3.63, 3.8) is 0 Å². The first-order valence-corrected chi connectivity index (χ1v) is 8.31. The van der Waals surface area contributed by atoms with Crippen LogP contribution in [-0.2, 0) is 10.3 Å². The lowest BCUT2D eigenvalue weighted by atomic mass is 9.83. The largest absolute Gasteiger partial charge is 0.461 e. The number of hydrogen-bond acceptors (Lipinski definition) is 2. The maximum absolute atomic E-state index is 6.51. The molecule has 0 aliphatic carbocycles. The van der Waals surface area contributed by atoms with Crippen molar-refractivity contribution in [3.8, 4) is 0 Å². The molecule has 0 saturated heterocycles. The Balaban J connectivity index is 1.89. The third kappa shape index (κ3) is 2.31. The third-order valence-corrected chi connectivity index (χ3v) is 4.59. The molecule has 1 aliphatic heterocycles. The highest BCUT2D eigenvalue weighted by atomic mass is 16.5. The van der Waals surface area contributed by atoms with E-state index in [4.69, 9.17) is 9.73 Å². The molecule has 0 saturated carbocycles. The normalized spacial score (nSPS) is 20.6. The number of fused-ring (bicyclic) bond motifs is 1. The zero-order valence-electron chi connectivity index (χ0n) is 13.6. The van der Waals surface area contributed by atoms with Gasteiger partial charge in [0.25, 0.3) is 0 Å². The molecule has 118 valence electrons. The van der Waals surface area contributed by atoms with E-state index in [0.29, 0.717) is 5.90 Å². The molecule has 0 fully saturated rings. The van der Waals surface area contributed by atoms with Gasteiger partial charge in [-0.25, -0.2) is 4.99 Å². The third-order valence-electron chi connectivity index (χ3n) is 4.59. The van der Waals surface area contributed by atoms with Gasteiger partial charge >= 0.3 is 0 Å². The van der Waals surface area contributed by atoms with Crippen LogP contribution in [0.2, 0.25) is 0 Å². The highest BCUT2D eigenvalue weighted by Crippen LogP contribution is 2.44. The molecule has 0 bridgehead atoms. The molecule has 0 spiro atoms. The van der Waals surface area contributed by atoms with Crippen LogP contribution >= 0.6 is 0 Å². The Morgan fingerprint density at radius 2 is 1.42 bits per heavy atom. The second-order valence-corrected chi connectivity index (χ2v) is 5.95. The number of benzene rings is 3. The van der Waals surface area contributed by atoms with Crippen LogP contribution in [0.25, 0.3) is 0 Å². The molecule has 0 N–H and O–H groups in total. The van der Waals surface area contributed by atoms with Gasteiger partial charge in [-0.05, 0) is 24.6 Å². The van der Waals surface area contributed by atoms with Crippen molar-refractivity contribution in [2.24, 2.45) is 4.99 Å². The van der Waals surface area contributed by atoms with Crippen LogP contribution in [0.3, 0.4) is 0 Å². The van der Waals surface area contributed by atoms with E-state index in [1.165, 1.54) is 11.1 Å². The smallest absolute Gasteiger partial charge is 0.222 e. The predicted molar refractivity (Wildman–Crippen MR) is 97.7 cm³/mol. The van der Waals surface area contributed by atoms with Crippen molar-refractivity contribution < 1.29 is 4.74 Å². The zero-order valence-corrected chi connectivity index (χ0v) is 13.6. The molecule has 0 aromatic heterocycles. The summed E-state index contributed by atoms with van der Waals surface area (Å²) in [5, 5.41) is 0. The van der Waals surface area contributed by atoms with Crippen molar-refractivity contribution in [2.45, 2.75) is 18.9 Å². The highest BCUT2D eigenvalue weighted by Gasteiger charge is 2.44. The minimum Gasteiger partial charge on any atom is -0.461 e. The number of hydrogen-bond donors (Lipinski definition) is 0. The maximum atomic E-state index is 6.51. The second kappa shape index (κ2) is 5.97. The first-order valence-electron chi connectivity index (χ1n) is 8.31. The lowest BCUT2D eigenvalue weighted by molar-refractivity contribution is 0.108. The molecule has 1 atom stereocenters. The molecule has 1 unspecified atom stereocenters. The number of rotatable bonds is 3. The summed E-state index contributed by atoms with van der Waals surface area (Å²) >= 11 is 0. The van der Waals surface area contributed by atoms with Gasteiger partial charge in [-0.15, -0.1) is 0 Å². The molecule has 0 radical (unpaired) electrons. The first-order chi connectivity index (χ1) is 11.8. The van der Waals surface area contributed by atoms with Crippen molar-refractivity contribution in [2.75, 3.05) is 0 Å². The molecule has 4 rings (SSSR count). The minimum atomic E-state index is -0.467. The molecule has 2 heteroatoms. The lowest BCUT2D eigenvalue weighted by Gasteiger charge is -2.28. The summed E-state index contributed by atoms with van der Waals surface area (Å²) in [6.07, 6.45) is 0.849. The van der Waals surface area contributed by atoms with Gasteiger partial charge < -0.3 is 4.74 Å². The molecule has 24 heavy (non-hydrogen) atoms. The van der Waals surface area contributed by atoms with Gasteiger partial charge in [0.05, 0.1) is 5.69 Å². The zero-order chi connectivity index (χ0) is 16.4. The average molecular weight is 313 g/mol.